The van der Waals surface area contributed by atoms with Crippen LogP contribution < -0.4 is 19.5 Å². The van der Waals surface area contributed by atoms with Crippen LogP contribution in [0.1, 0.15) is 12.5 Å². The third-order valence-corrected chi connectivity index (χ3v) is 5.30. The molecule has 3 aromatic rings. The molecular formula is C19H13N3O2S2. The lowest BCUT2D eigenvalue weighted by molar-refractivity contribution is 0.340. The molecule has 3 rings (SSSR count). The first-order valence-corrected chi connectivity index (χ1v) is 9.47. The fraction of sp³-hybridized carbons (Fsp3) is 0.105. The van der Waals surface area contributed by atoms with Crippen LogP contribution in [-0.2, 0) is 0 Å². The summed E-state index contributed by atoms with van der Waals surface area (Å²) in [6.45, 7) is 2.44. The van der Waals surface area contributed by atoms with Crippen molar-refractivity contribution in [2.45, 2.75) is 6.92 Å². The van der Waals surface area contributed by atoms with Gasteiger partial charge in [0.05, 0.1) is 16.8 Å². The van der Waals surface area contributed by atoms with Gasteiger partial charge in [-0.25, -0.2) is 0 Å². The summed E-state index contributed by atoms with van der Waals surface area (Å²) in [6, 6.07) is 12.7. The van der Waals surface area contributed by atoms with E-state index in [4.69, 9.17) is 4.74 Å². The molecule has 0 aliphatic rings. The zero-order valence-electron chi connectivity index (χ0n) is 13.8. The molecule has 0 saturated carbocycles. The number of ether oxygens (including phenoxy) is 1. The minimum Gasteiger partial charge on any atom is -0.494 e. The molecule has 0 amide bonds. The van der Waals surface area contributed by atoms with Crippen molar-refractivity contribution in [2.75, 3.05) is 6.61 Å². The Morgan fingerprint density at radius 2 is 1.96 bits per heavy atom. The van der Waals surface area contributed by atoms with Gasteiger partial charge >= 0.3 is 0 Å². The van der Waals surface area contributed by atoms with E-state index < -0.39 is 0 Å². The highest BCUT2D eigenvalue weighted by molar-refractivity contribution is 7.08. The summed E-state index contributed by atoms with van der Waals surface area (Å²) in [5, 5.41) is 22.4. The molecule has 26 heavy (non-hydrogen) atoms. The van der Waals surface area contributed by atoms with Crippen molar-refractivity contribution in [3.05, 3.63) is 66.2 Å². The third kappa shape index (κ3) is 3.45. The number of nitriles is 2. The molecule has 2 heterocycles. The van der Waals surface area contributed by atoms with Gasteiger partial charge in [-0.3, -0.25) is 9.36 Å². The standard InChI is InChI=1S/C19H13N3O2S2/c1-2-24-16-5-3-15(4-6-16)22-18(23)17(9-13-7-8-25-12-13)26-19(22)14(10-20)11-21/h3-9,12H,2H2,1H3/b17-9+. The van der Waals surface area contributed by atoms with Crippen LogP contribution in [0.4, 0.5) is 0 Å². The lowest BCUT2D eigenvalue weighted by atomic mass is 10.3. The SMILES string of the molecule is CCOc1ccc(-n2c(=C(C#N)C#N)s/c(=C/c3ccsc3)c2=O)cc1. The highest BCUT2D eigenvalue weighted by atomic mass is 32.1. The Labute approximate surface area is 157 Å². The van der Waals surface area contributed by atoms with E-state index in [0.717, 1.165) is 16.9 Å². The highest BCUT2D eigenvalue weighted by Gasteiger charge is 2.11. The van der Waals surface area contributed by atoms with Gasteiger partial charge in [-0.1, -0.05) is 0 Å². The average Bonchev–Trinajstić information content (AvgIpc) is 3.27. The summed E-state index contributed by atoms with van der Waals surface area (Å²) >= 11 is 2.67. The molecule has 0 N–H and O–H groups in total. The van der Waals surface area contributed by atoms with Gasteiger partial charge in [0.2, 0.25) is 0 Å². The van der Waals surface area contributed by atoms with Gasteiger partial charge in [0.25, 0.3) is 5.56 Å². The van der Waals surface area contributed by atoms with E-state index in [2.05, 4.69) is 0 Å². The van der Waals surface area contributed by atoms with Crippen LogP contribution in [0.25, 0.3) is 17.3 Å². The fourth-order valence-electron chi connectivity index (χ4n) is 2.37. The molecule has 0 aliphatic carbocycles. The van der Waals surface area contributed by atoms with E-state index in [-0.39, 0.29) is 11.1 Å². The highest BCUT2D eigenvalue weighted by Crippen LogP contribution is 2.14. The molecule has 0 fully saturated rings. The molecule has 0 unspecified atom stereocenters. The van der Waals surface area contributed by atoms with Crippen LogP contribution in [0.2, 0.25) is 0 Å². The average molecular weight is 379 g/mol. The number of thiophene rings is 1. The van der Waals surface area contributed by atoms with Gasteiger partial charge in [-0.2, -0.15) is 21.9 Å². The molecule has 0 spiro atoms. The maximum atomic E-state index is 12.9. The normalized spacial score (nSPS) is 11.0. The maximum Gasteiger partial charge on any atom is 0.273 e. The molecular weight excluding hydrogens is 366 g/mol. The molecule has 0 atom stereocenters. The lowest BCUT2D eigenvalue weighted by Crippen LogP contribution is -2.30. The summed E-state index contributed by atoms with van der Waals surface area (Å²) < 4.78 is 7.62. The van der Waals surface area contributed by atoms with E-state index >= 15 is 0 Å². The summed E-state index contributed by atoms with van der Waals surface area (Å²) in [4.78, 5) is 12.9. The Bertz CT molecular complexity index is 1160. The van der Waals surface area contributed by atoms with Crippen molar-refractivity contribution >= 4 is 34.3 Å². The number of rotatable bonds is 4. The number of benzene rings is 1. The number of hydrogen-bond acceptors (Lipinski definition) is 6. The minimum atomic E-state index is -0.261. The van der Waals surface area contributed by atoms with Gasteiger partial charge in [0.1, 0.15) is 22.6 Å². The van der Waals surface area contributed by atoms with Crippen LogP contribution in [0.3, 0.4) is 0 Å². The van der Waals surface area contributed by atoms with Crippen LogP contribution in [0.15, 0.2) is 45.9 Å². The Morgan fingerprint density at radius 1 is 1.23 bits per heavy atom. The molecule has 0 bridgehead atoms. The predicted octanol–water partition coefficient (Wildman–Crippen LogP) is 2.39. The molecule has 5 nitrogen and oxygen atoms in total. The Hall–Kier alpha value is -3.13. The van der Waals surface area contributed by atoms with Gasteiger partial charge in [0.15, 0.2) is 5.57 Å². The molecule has 7 heteroatoms. The largest absolute Gasteiger partial charge is 0.494 e. The Kier molecular flexibility index (Phi) is 5.33. The summed E-state index contributed by atoms with van der Waals surface area (Å²) in [7, 11) is 0. The molecule has 2 aromatic heterocycles. The van der Waals surface area contributed by atoms with Crippen molar-refractivity contribution in [1.29, 1.82) is 10.5 Å². The van der Waals surface area contributed by atoms with Crippen LogP contribution in [0.5, 0.6) is 5.75 Å². The maximum absolute atomic E-state index is 12.9. The number of thiazole rings is 1. The third-order valence-electron chi connectivity index (χ3n) is 3.51. The molecule has 1 aromatic carbocycles. The number of nitrogens with zero attached hydrogens (tertiary/aromatic N) is 3. The van der Waals surface area contributed by atoms with E-state index in [1.165, 1.54) is 15.9 Å². The first kappa shape index (κ1) is 17.7. The van der Waals surface area contributed by atoms with Crippen molar-refractivity contribution in [1.82, 2.24) is 4.57 Å². The minimum absolute atomic E-state index is 0.0917. The fourth-order valence-corrected chi connectivity index (χ4v) is 4.04. The summed E-state index contributed by atoms with van der Waals surface area (Å²) in [5.74, 6) is 0.691. The van der Waals surface area contributed by atoms with Gasteiger partial charge in [-0.05, 0) is 59.7 Å². The van der Waals surface area contributed by atoms with Gasteiger partial charge in [-0.15, -0.1) is 11.3 Å². The zero-order chi connectivity index (χ0) is 18.5. The second kappa shape index (κ2) is 7.83. The molecule has 0 saturated heterocycles. The topological polar surface area (TPSA) is 78.8 Å². The Balaban J connectivity index is 2.29. The molecule has 128 valence electrons. The number of hydrogen-bond donors (Lipinski definition) is 0. The van der Waals surface area contributed by atoms with Crippen molar-refractivity contribution in [2.24, 2.45) is 0 Å². The summed E-state index contributed by atoms with van der Waals surface area (Å²) in [5.41, 5.74) is 1.14. The number of aromatic nitrogens is 1. The molecule has 0 aliphatic heterocycles. The van der Waals surface area contributed by atoms with Gasteiger partial charge < -0.3 is 4.74 Å². The van der Waals surface area contributed by atoms with Crippen LogP contribution in [0, 0.1) is 22.7 Å². The first-order chi connectivity index (χ1) is 12.7. The predicted molar refractivity (Wildman–Crippen MR) is 103 cm³/mol. The van der Waals surface area contributed by atoms with Crippen LogP contribution in [-0.4, -0.2) is 11.2 Å². The second-order valence-electron chi connectivity index (χ2n) is 5.14. The smallest absolute Gasteiger partial charge is 0.273 e. The second-order valence-corrected chi connectivity index (χ2v) is 6.95. The van der Waals surface area contributed by atoms with Gasteiger partial charge in [0, 0.05) is 0 Å². The van der Waals surface area contributed by atoms with E-state index in [1.54, 1.807) is 30.3 Å². The van der Waals surface area contributed by atoms with Crippen LogP contribution >= 0.6 is 22.7 Å². The summed E-state index contributed by atoms with van der Waals surface area (Å²) in [6.07, 6.45) is 1.77. The lowest BCUT2D eigenvalue weighted by Gasteiger charge is -2.05. The van der Waals surface area contributed by atoms with Crippen molar-refractivity contribution < 1.29 is 4.74 Å². The first-order valence-electron chi connectivity index (χ1n) is 7.71. The van der Waals surface area contributed by atoms with E-state index in [0.29, 0.717) is 27.2 Å². The van der Waals surface area contributed by atoms with E-state index in [1.807, 2.05) is 35.9 Å². The Morgan fingerprint density at radius 3 is 2.54 bits per heavy atom. The zero-order valence-corrected chi connectivity index (χ0v) is 15.4. The van der Waals surface area contributed by atoms with Crippen molar-refractivity contribution in [3.63, 3.8) is 0 Å². The molecule has 0 radical (unpaired) electrons. The van der Waals surface area contributed by atoms with Crippen molar-refractivity contribution in [3.8, 4) is 23.6 Å². The monoisotopic (exact) mass is 379 g/mol. The van der Waals surface area contributed by atoms with E-state index in [9.17, 15) is 15.3 Å². The quantitative estimate of drug-likeness (QED) is 0.697.